The second-order valence-electron chi connectivity index (χ2n) is 8.01. The minimum atomic E-state index is -2.71. The number of fused-ring (bicyclic) bond motifs is 4. The Labute approximate surface area is 170 Å². The molecule has 2 aromatic heterocycles. The van der Waals surface area contributed by atoms with E-state index in [0.29, 0.717) is 28.8 Å². The minimum Gasteiger partial charge on any atom is -0.477 e. The van der Waals surface area contributed by atoms with Crippen LogP contribution in [0.1, 0.15) is 47.2 Å². The summed E-state index contributed by atoms with van der Waals surface area (Å²) in [5, 5.41) is 9.38. The van der Waals surface area contributed by atoms with Crippen molar-refractivity contribution in [2.24, 2.45) is 0 Å². The van der Waals surface area contributed by atoms with Crippen molar-refractivity contribution in [1.29, 1.82) is 0 Å². The molecule has 7 heteroatoms. The molecule has 1 aromatic carbocycles. The number of aromatic nitrogens is 2. The molecule has 1 aliphatic carbocycles. The van der Waals surface area contributed by atoms with Crippen LogP contribution < -0.4 is 5.43 Å². The molecule has 0 atom stereocenters. The summed E-state index contributed by atoms with van der Waals surface area (Å²) in [5.41, 5.74) is 1.63. The summed E-state index contributed by atoms with van der Waals surface area (Å²) in [5.74, 6) is -1.28. The van der Waals surface area contributed by atoms with Crippen LogP contribution in [0.2, 0.25) is 0 Å². The van der Waals surface area contributed by atoms with Gasteiger partial charge in [0.25, 0.3) is 6.43 Å². The van der Waals surface area contributed by atoms with Gasteiger partial charge in [-0.1, -0.05) is 6.07 Å². The lowest BCUT2D eigenvalue weighted by Crippen LogP contribution is -2.46. The van der Waals surface area contributed by atoms with E-state index in [-0.39, 0.29) is 16.7 Å². The molecule has 0 bridgehead atoms. The number of hydrogen-bond donors (Lipinski definition) is 1. The smallest absolute Gasteiger partial charge is 0.341 e. The number of aromatic carboxylic acids is 1. The summed E-state index contributed by atoms with van der Waals surface area (Å²) >= 11 is 0. The largest absolute Gasteiger partial charge is 0.477 e. The first-order chi connectivity index (χ1) is 14.4. The average molecular weight is 408 g/mol. The fourth-order valence-electron chi connectivity index (χ4n) is 4.74. The Balaban J connectivity index is 1.79. The Morgan fingerprint density at radius 1 is 1.20 bits per heavy atom. The average Bonchev–Trinajstić information content (AvgIpc) is 2.70. The van der Waals surface area contributed by atoms with Crippen LogP contribution in [-0.4, -0.2) is 20.6 Å². The third-order valence-electron chi connectivity index (χ3n) is 6.36. The highest BCUT2D eigenvalue weighted by Gasteiger charge is 2.43. The zero-order valence-electron chi connectivity index (χ0n) is 15.9. The van der Waals surface area contributed by atoms with Gasteiger partial charge in [-0.25, -0.2) is 13.6 Å². The first kappa shape index (κ1) is 18.7. The van der Waals surface area contributed by atoms with E-state index < -0.39 is 17.8 Å². The van der Waals surface area contributed by atoms with Crippen LogP contribution in [0.5, 0.6) is 0 Å². The van der Waals surface area contributed by atoms with E-state index in [1.165, 1.54) is 18.3 Å². The van der Waals surface area contributed by atoms with Gasteiger partial charge in [0, 0.05) is 46.9 Å². The number of carboxylic acid groups (broad SMARTS) is 1. The summed E-state index contributed by atoms with van der Waals surface area (Å²) in [6.45, 7) is 0. The van der Waals surface area contributed by atoms with E-state index >= 15 is 0 Å². The van der Waals surface area contributed by atoms with Crippen molar-refractivity contribution in [2.75, 3.05) is 0 Å². The quantitative estimate of drug-likeness (QED) is 0.685. The normalized spacial score (nSPS) is 16.1. The van der Waals surface area contributed by atoms with Crippen molar-refractivity contribution in [3.8, 4) is 22.4 Å². The standard InChI is InChI=1S/C23H18F2N2O3/c24-21(25)17-8-16-14(7-15(17)13-3-1-6-26-11-13)10-23(4-2-5-23)27-12-18(22(29)30)20(28)9-19(16)27/h1,3,6-9,11-12,21H,2,4-5,10H2,(H,29,30). The fourth-order valence-corrected chi connectivity index (χ4v) is 4.74. The first-order valence-corrected chi connectivity index (χ1v) is 9.76. The molecular weight excluding hydrogens is 390 g/mol. The van der Waals surface area contributed by atoms with Crippen LogP contribution in [0, 0.1) is 0 Å². The van der Waals surface area contributed by atoms with Gasteiger partial charge >= 0.3 is 5.97 Å². The van der Waals surface area contributed by atoms with Crippen LogP contribution in [0.4, 0.5) is 8.78 Å². The Bertz CT molecular complexity index is 1230. The maximum absolute atomic E-state index is 14.0. The zero-order chi connectivity index (χ0) is 21.0. The second kappa shape index (κ2) is 6.58. The van der Waals surface area contributed by atoms with Gasteiger partial charge in [0.05, 0.1) is 5.69 Å². The highest BCUT2D eigenvalue weighted by Crippen LogP contribution is 2.50. The van der Waals surface area contributed by atoms with Gasteiger partial charge in [0.2, 0.25) is 0 Å². The maximum atomic E-state index is 14.0. The van der Waals surface area contributed by atoms with Crippen molar-refractivity contribution in [2.45, 2.75) is 37.6 Å². The number of pyridine rings is 2. The molecule has 5 nitrogen and oxygen atoms in total. The molecule has 1 aliphatic heterocycles. The number of alkyl halides is 2. The predicted molar refractivity (Wildman–Crippen MR) is 107 cm³/mol. The highest BCUT2D eigenvalue weighted by atomic mass is 19.3. The molecule has 5 rings (SSSR count). The molecule has 1 fully saturated rings. The van der Waals surface area contributed by atoms with E-state index in [4.69, 9.17) is 0 Å². The lowest BCUT2D eigenvalue weighted by atomic mass is 9.69. The van der Waals surface area contributed by atoms with Crippen LogP contribution in [0.25, 0.3) is 22.4 Å². The Morgan fingerprint density at radius 2 is 2.00 bits per heavy atom. The Morgan fingerprint density at radius 3 is 2.60 bits per heavy atom. The van der Waals surface area contributed by atoms with Gasteiger partial charge in [-0.15, -0.1) is 0 Å². The molecule has 1 spiro atoms. The van der Waals surface area contributed by atoms with E-state index in [0.717, 1.165) is 24.8 Å². The summed E-state index contributed by atoms with van der Waals surface area (Å²) < 4.78 is 29.8. The van der Waals surface area contributed by atoms with Crippen LogP contribution in [0.15, 0.2) is 53.7 Å². The molecule has 0 radical (unpaired) electrons. The molecule has 30 heavy (non-hydrogen) atoms. The molecule has 3 aromatic rings. The van der Waals surface area contributed by atoms with Crippen molar-refractivity contribution < 1.29 is 18.7 Å². The zero-order valence-corrected chi connectivity index (χ0v) is 15.9. The third kappa shape index (κ3) is 2.69. The fraction of sp³-hybridized carbons (Fsp3) is 0.261. The molecule has 0 unspecified atom stereocenters. The van der Waals surface area contributed by atoms with Gasteiger partial charge in [-0.3, -0.25) is 9.78 Å². The molecule has 3 heterocycles. The predicted octanol–water partition coefficient (Wildman–Crippen LogP) is 4.65. The number of hydrogen-bond acceptors (Lipinski definition) is 3. The number of carbonyl (C=O) groups is 1. The van der Waals surface area contributed by atoms with Crippen molar-refractivity contribution in [1.82, 2.24) is 9.55 Å². The molecule has 0 saturated heterocycles. The number of halogens is 2. The van der Waals surface area contributed by atoms with E-state index in [9.17, 15) is 23.5 Å². The van der Waals surface area contributed by atoms with E-state index in [1.807, 2.05) is 4.57 Å². The minimum absolute atomic E-state index is 0.132. The molecule has 2 aliphatic rings. The van der Waals surface area contributed by atoms with Crippen LogP contribution in [-0.2, 0) is 12.0 Å². The lowest BCUT2D eigenvalue weighted by Gasteiger charge is -2.49. The van der Waals surface area contributed by atoms with E-state index in [1.54, 1.807) is 30.6 Å². The lowest BCUT2D eigenvalue weighted by molar-refractivity contribution is 0.0691. The molecule has 1 N–H and O–H groups in total. The van der Waals surface area contributed by atoms with E-state index in [2.05, 4.69) is 4.98 Å². The number of benzene rings is 1. The van der Waals surface area contributed by atoms with Crippen molar-refractivity contribution >= 4 is 5.97 Å². The third-order valence-corrected chi connectivity index (χ3v) is 6.36. The molecule has 1 saturated carbocycles. The highest BCUT2D eigenvalue weighted by molar-refractivity contribution is 5.88. The van der Waals surface area contributed by atoms with Gasteiger partial charge < -0.3 is 9.67 Å². The SMILES string of the molecule is O=C(O)c1cn2c(cc1=O)-c1cc(C(F)F)c(-c3cccnc3)cc1CC21CCC1. The first-order valence-electron chi connectivity index (χ1n) is 9.76. The monoisotopic (exact) mass is 408 g/mol. The second-order valence-corrected chi connectivity index (χ2v) is 8.01. The molecular formula is C23H18F2N2O3. The van der Waals surface area contributed by atoms with Gasteiger partial charge in [-0.2, -0.15) is 0 Å². The molecule has 152 valence electrons. The van der Waals surface area contributed by atoms with Gasteiger partial charge in [0.1, 0.15) is 5.56 Å². The van der Waals surface area contributed by atoms with Crippen molar-refractivity contribution in [3.63, 3.8) is 0 Å². The number of rotatable bonds is 3. The molecule has 0 amide bonds. The topological polar surface area (TPSA) is 72.2 Å². The van der Waals surface area contributed by atoms with Gasteiger partial charge in [0.15, 0.2) is 5.43 Å². The maximum Gasteiger partial charge on any atom is 0.341 e. The van der Waals surface area contributed by atoms with Crippen LogP contribution >= 0.6 is 0 Å². The summed E-state index contributed by atoms with van der Waals surface area (Å²) in [6.07, 6.45) is 5.13. The summed E-state index contributed by atoms with van der Waals surface area (Å²) in [6, 6.07) is 7.97. The number of carboxylic acids is 1. The summed E-state index contributed by atoms with van der Waals surface area (Å²) in [4.78, 5) is 28.0. The number of nitrogens with zero attached hydrogens (tertiary/aromatic N) is 2. The summed E-state index contributed by atoms with van der Waals surface area (Å²) in [7, 11) is 0. The Kier molecular flexibility index (Phi) is 4.10. The van der Waals surface area contributed by atoms with Gasteiger partial charge in [-0.05, 0) is 55.0 Å². The van der Waals surface area contributed by atoms with Crippen LogP contribution in [0.3, 0.4) is 0 Å². The Hall–Kier alpha value is -3.35. The van der Waals surface area contributed by atoms with Crippen molar-refractivity contribution in [3.05, 3.63) is 75.8 Å².